The van der Waals surface area contributed by atoms with Gasteiger partial charge in [-0.15, -0.1) is 0 Å². The maximum absolute atomic E-state index is 11.1. The van der Waals surface area contributed by atoms with Crippen molar-refractivity contribution in [3.05, 3.63) is 23.3 Å². The average Bonchev–Trinajstić information content (AvgIpc) is 2.78. The molecule has 0 radical (unpaired) electrons. The molecule has 0 heterocycles. The molecule has 98 valence electrons. The Hall–Kier alpha value is -1.71. The van der Waals surface area contributed by atoms with Crippen molar-refractivity contribution in [1.29, 1.82) is 0 Å². The van der Waals surface area contributed by atoms with Crippen LogP contribution >= 0.6 is 0 Å². The smallest absolute Gasteiger partial charge is 0.306 e. The maximum Gasteiger partial charge on any atom is 0.306 e. The highest BCUT2D eigenvalue weighted by Crippen LogP contribution is 2.43. The largest absolute Gasteiger partial charge is 0.493 e. The first kappa shape index (κ1) is 12.7. The van der Waals surface area contributed by atoms with Gasteiger partial charge in [0.25, 0.3) is 0 Å². The van der Waals surface area contributed by atoms with Gasteiger partial charge < -0.3 is 14.6 Å². The SMILES string of the molecule is COc1cc2c(cc1OC)C(C(C)C(=O)O)CC2. The molecule has 4 heteroatoms. The van der Waals surface area contributed by atoms with E-state index in [2.05, 4.69) is 0 Å². The summed E-state index contributed by atoms with van der Waals surface area (Å²) in [6.07, 6.45) is 1.77. The molecule has 2 rings (SSSR count). The normalized spacial score (nSPS) is 19.2. The van der Waals surface area contributed by atoms with E-state index in [0.29, 0.717) is 11.5 Å². The summed E-state index contributed by atoms with van der Waals surface area (Å²) in [6, 6.07) is 3.88. The maximum atomic E-state index is 11.1. The Morgan fingerprint density at radius 1 is 1.33 bits per heavy atom. The van der Waals surface area contributed by atoms with Crippen LogP contribution in [0.5, 0.6) is 11.5 Å². The number of benzene rings is 1. The van der Waals surface area contributed by atoms with Gasteiger partial charge in [0.15, 0.2) is 11.5 Å². The third kappa shape index (κ3) is 2.03. The molecule has 0 saturated carbocycles. The Balaban J connectivity index is 2.41. The number of fused-ring (bicyclic) bond motifs is 1. The van der Waals surface area contributed by atoms with Crippen LogP contribution in [0, 0.1) is 5.92 Å². The third-order valence-corrected chi connectivity index (χ3v) is 3.76. The molecule has 18 heavy (non-hydrogen) atoms. The molecule has 2 unspecified atom stereocenters. The molecule has 0 amide bonds. The van der Waals surface area contributed by atoms with E-state index in [1.807, 2.05) is 12.1 Å². The number of aryl methyl sites for hydroxylation is 1. The predicted octanol–water partition coefficient (Wildman–Crippen LogP) is 2.45. The molecule has 0 spiro atoms. The van der Waals surface area contributed by atoms with Gasteiger partial charge in [-0.25, -0.2) is 0 Å². The van der Waals surface area contributed by atoms with Crippen molar-refractivity contribution < 1.29 is 19.4 Å². The average molecular weight is 250 g/mol. The van der Waals surface area contributed by atoms with Gasteiger partial charge in [0.2, 0.25) is 0 Å². The van der Waals surface area contributed by atoms with E-state index in [9.17, 15) is 4.79 Å². The van der Waals surface area contributed by atoms with Crippen molar-refractivity contribution in [1.82, 2.24) is 0 Å². The molecular formula is C14H18O4. The van der Waals surface area contributed by atoms with Crippen LogP contribution in [0.2, 0.25) is 0 Å². The summed E-state index contributed by atoms with van der Waals surface area (Å²) in [5.41, 5.74) is 2.26. The standard InChI is InChI=1S/C14H18O4/c1-8(14(15)16)10-5-4-9-6-12(17-2)13(18-3)7-11(9)10/h6-8,10H,4-5H2,1-3H3,(H,15,16). The van der Waals surface area contributed by atoms with Gasteiger partial charge in [-0.05, 0) is 42.0 Å². The summed E-state index contributed by atoms with van der Waals surface area (Å²) < 4.78 is 10.5. The predicted molar refractivity (Wildman–Crippen MR) is 67.4 cm³/mol. The van der Waals surface area contributed by atoms with Crippen molar-refractivity contribution in [3.8, 4) is 11.5 Å². The van der Waals surface area contributed by atoms with Crippen LogP contribution in [0.25, 0.3) is 0 Å². The first-order valence-corrected chi connectivity index (χ1v) is 6.06. The highest BCUT2D eigenvalue weighted by Gasteiger charge is 2.32. The fourth-order valence-corrected chi connectivity index (χ4v) is 2.66. The van der Waals surface area contributed by atoms with Crippen LogP contribution in [0.3, 0.4) is 0 Å². The number of aliphatic carboxylic acids is 1. The molecule has 1 aliphatic rings. The zero-order valence-corrected chi connectivity index (χ0v) is 10.9. The zero-order valence-electron chi connectivity index (χ0n) is 10.9. The van der Waals surface area contributed by atoms with Crippen LogP contribution in [0.4, 0.5) is 0 Å². The quantitative estimate of drug-likeness (QED) is 0.891. The number of rotatable bonds is 4. The minimum atomic E-state index is -0.748. The van der Waals surface area contributed by atoms with Crippen LogP contribution in [0.1, 0.15) is 30.4 Å². The van der Waals surface area contributed by atoms with E-state index < -0.39 is 5.97 Å². The van der Waals surface area contributed by atoms with Crippen LogP contribution in [0.15, 0.2) is 12.1 Å². The van der Waals surface area contributed by atoms with E-state index in [4.69, 9.17) is 14.6 Å². The van der Waals surface area contributed by atoms with E-state index in [1.165, 1.54) is 5.56 Å². The van der Waals surface area contributed by atoms with Crippen molar-refractivity contribution >= 4 is 5.97 Å². The van der Waals surface area contributed by atoms with E-state index >= 15 is 0 Å². The molecule has 1 aromatic rings. The Bertz CT molecular complexity index is 467. The number of carbonyl (C=O) groups is 1. The summed E-state index contributed by atoms with van der Waals surface area (Å²) in [6.45, 7) is 1.76. The topological polar surface area (TPSA) is 55.8 Å². The van der Waals surface area contributed by atoms with Crippen molar-refractivity contribution in [2.24, 2.45) is 5.92 Å². The Labute approximate surface area is 107 Å². The van der Waals surface area contributed by atoms with Gasteiger partial charge in [-0.2, -0.15) is 0 Å². The molecule has 4 nitrogen and oxygen atoms in total. The summed E-state index contributed by atoms with van der Waals surface area (Å²) >= 11 is 0. The van der Waals surface area contributed by atoms with Crippen LogP contribution in [-0.4, -0.2) is 25.3 Å². The summed E-state index contributed by atoms with van der Waals surface area (Å²) in [7, 11) is 3.20. The molecule has 2 atom stereocenters. The highest BCUT2D eigenvalue weighted by molar-refractivity contribution is 5.71. The number of ether oxygens (including phenoxy) is 2. The molecule has 1 aliphatic carbocycles. The third-order valence-electron chi connectivity index (χ3n) is 3.76. The molecular weight excluding hydrogens is 232 g/mol. The molecule has 0 fully saturated rings. The fourth-order valence-electron chi connectivity index (χ4n) is 2.66. The Kier molecular flexibility index (Phi) is 3.45. The van der Waals surface area contributed by atoms with Gasteiger partial charge in [0, 0.05) is 0 Å². The molecule has 0 saturated heterocycles. The lowest BCUT2D eigenvalue weighted by Crippen LogP contribution is -2.17. The molecule has 1 aromatic carbocycles. The van der Waals surface area contributed by atoms with Gasteiger partial charge >= 0.3 is 5.97 Å². The second-order valence-electron chi connectivity index (χ2n) is 4.68. The van der Waals surface area contributed by atoms with Crippen molar-refractivity contribution in [2.75, 3.05) is 14.2 Å². The number of carboxylic acids is 1. The number of methoxy groups -OCH3 is 2. The van der Waals surface area contributed by atoms with Crippen molar-refractivity contribution in [3.63, 3.8) is 0 Å². The minimum Gasteiger partial charge on any atom is -0.493 e. The van der Waals surface area contributed by atoms with E-state index in [1.54, 1.807) is 21.1 Å². The summed E-state index contributed by atoms with van der Waals surface area (Å²) in [5.74, 6) is 0.324. The van der Waals surface area contributed by atoms with E-state index in [0.717, 1.165) is 18.4 Å². The molecule has 1 N–H and O–H groups in total. The zero-order chi connectivity index (χ0) is 13.3. The summed E-state index contributed by atoms with van der Waals surface area (Å²) in [4.78, 5) is 11.1. The lowest BCUT2D eigenvalue weighted by molar-refractivity contribution is -0.141. The number of hydrogen-bond donors (Lipinski definition) is 1. The fraction of sp³-hybridized carbons (Fsp3) is 0.500. The monoisotopic (exact) mass is 250 g/mol. The number of carboxylic acid groups (broad SMARTS) is 1. The van der Waals surface area contributed by atoms with E-state index in [-0.39, 0.29) is 11.8 Å². The highest BCUT2D eigenvalue weighted by atomic mass is 16.5. The lowest BCUT2D eigenvalue weighted by Gasteiger charge is -2.17. The first-order valence-electron chi connectivity index (χ1n) is 6.06. The van der Waals surface area contributed by atoms with Gasteiger partial charge in [-0.3, -0.25) is 4.79 Å². The van der Waals surface area contributed by atoms with Gasteiger partial charge in [0.1, 0.15) is 0 Å². The second kappa shape index (κ2) is 4.88. The summed E-state index contributed by atoms with van der Waals surface area (Å²) in [5, 5.41) is 9.14. The number of hydrogen-bond acceptors (Lipinski definition) is 3. The van der Waals surface area contributed by atoms with Crippen LogP contribution in [-0.2, 0) is 11.2 Å². The molecule has 0 aliphatic heterocycles. The molecule has 0 bridgehead atoms. The second-order valence-corrected chi connectivity index (χ2v) is 4.68. The minimum absolute atomic E-state index is 0.0670. The van der Waals surface area contributed by atoms with Gasteiger partial charge in [-0.1, -0.05) is 6.92 Å². The molecule has 0 aromatic heterocycles. The Morgan fingerprint density at radius 2 is 1.94 bits per heavy atom. The van der Waals surface area contributed by atoms with Crippen LogP contribution < -0.4 is 9.47 Å². The Morgan fingerprint density at radius 3 is 2.50 bits per heavy atom. The first-order chi connectivity index (χ1) is 8.58. The van der Waals surface area contributed by atoms with Crippen molar-refractivity contribution in [2.45, 2.75) is 25.7 Å². The van der Waals surface area contributed by atoms with Gasteiger partial charge in [0.05, 0.1) is 20.1 Å². The lowest BCUT2D eigenvalue weighted by atomic mass is 9.88.